The topological polar surface area (TPSA) is 74.2 Å². The predicted molar refractivity (Wildman–Crippen MR) is 124 cm³/mol. The Balaban J connectivity index is 1.67. The van der Waals surface area contributed by atoms with Crippen molar-refractivity contribution < 1.29 is 4.79 Å². The van der Waals surface area contributed by atoms with Crippen molar-refractivity contribution in [1.82, 2.24) is 15.0 Å². The number of aryl methyl sites for hydroxylation is 1. The number of carbonyl (C=O) groups excluding carboxylic acids is 1. The van der Waals surface area contributed by atoms with Gasteiger partial charge in [-0.05, 0) is 44.5 Å². The molecule has 1 N–H and O–H groups in total. The molecule has 0 atom stereocenters. The number of hydrogen-bond donors (Lipinski definition) is 1. The first-order valence-corrected chi connectivity index (χ1v) is 11.3. The molecule has 7 nitrogen and oxygen atoms in total. The fourth-order valence-electron chi connectivity index (χ4n) is 2.91. The van der Waals surface area contributed by atoms with E-state index < -0.39 is 0 Å². The molecule has 0 fully saturated rings. The molecule has 0 aliphatic carbocycles. The van der Waals surface area contributed by atoms with Gasteiger partial charge >= 0.3 is 0 Å². The van der Waals surface area contributed by atoms with Crippen LogP contribution in [0.1, 0.15) is 19.4 Å². The lowest BCUT2D eigenvalue weighted by atomic mass is 10.1. The normalized spacial score (nSPS) is 10.9. The summed E-state index contributed by atoms with van der Waals surface area (Å²) in [5.41, 5.74) is 3.73. The van der Waals surface area contributed by atoms with Gasteiger partial charge in [0.1, 0.15) is 16.1 Å². The molecule has 9 heteroatoms. The molecule has 0 aliphatic heterocycles. The van der Waals surface area contributed by atoms with Gasteiger partial charge in [0.2, 0.25) is 5.91 Å². The number of amides is 1. The predicted octanol–water partition coefficient (Wildman–Crippen LogP) is 4.04. The average molecular weight is 431 g/mol. The number of thiazole rings is 1. The molecule has 3 rings (SSSR count). The second-order valence-electron chi connectivity index (χ2n) is 6.73. The van der Waals surface area contributed by atoms with Crippen LogP contribution in [-0.2, 0) is 4.79 Å². The highest BCUT2D eigenvalue weighted by Crippen LogP contribution is 2.33. The molecule has 0 spiro atoms. The van der Waals surface area contributed by atoms with Gasteiger partial charge in [0.05, 0.1) is 5.75 Å². The highest BCUT2D eigenvalue weighted by atomic mass is 32.2. The van der Waals surface area contributed by atoms with Crippen molar-refractivity contribution in [3.8, 4) is 0 Å². The smallest absolute Gasteiger partial charge is 0.234 e. The van der Waals surface area contributed by atoms with Crippen LogP contribution in [0, 0.1) is 6.92 Å². The molecule has 0 radical (unpaired) electrons. The van der Waals surface area contributed by atoms with Crippen molar-refractivity contribution in [3.63, 3.8) is 0 Å². The van der Waals surface area contributed by atoms with E-state index in [1.807, 2.05) is 32.0 Å². The summed E-state index contributed by atoms with van der Waals surface area (Å²) < 4.78 is 0.911. The van der Waals surface area contributed by atoms with Gasteiger partial charge in [0, 0.05) is 38.6 Å². The lowest BCUT2D eigenvalue weighted by Gasteiger charge is -2.22. The summed E-state index contributed by atoms with van der Waals surface area (Å²) in [6, 6.07) is 6.14. The van der Waals surface area contributed by atoms with E-state index >= 15 is 0 Å². The molecule has 0 aliphatic rings. The Bertz CT molecular complexity index is 1000. The first-order valence-electron chi connectivity index (χ1n) is 9.50. The van der Waals surface area contributed by atoms with Gasteiger partial charge < -0.3 is 15.1 Å². The monoisotopic (exact) mass is 430 g/mol. The second kappa shape index (κ2) is 9.41. The number of benzene rings is 1. The number of nitrogens with zero attached hydrogens (tertiary/aromatic N) is 5. The molecule has 1 amide bonds. The van der Waals surface area contributed by atoms with E-state index in [0.717, 1.165) is 39.2 Å². The quantitative estimate of drug-likeness (QED) is 0.427. The van der Waals surface area contributed by atoms with Crippen LogP contribution >= 0.6 is 23.1 Å². The Hall–Kier alpha value is -2.39. The van der Waals surface area contributed by atoms with Gasteiger partial charge in [0.25, 0.3) is 0 Å². The van der Waals surface area contributed by atoms with E-state index in [2.05, 4.69) is 51.1 Å². The van der Waals surface area contributed by atoms with Gasteiger partial charge in [-0.1, -0.05) is 23.1 Å². The average Bonchev–Trinajstić information content (AvgIpc) is 3.14. The van der Waals surface area contributed by atoms with E-state index in [9.17, 15) is 4.79 Å². The molecular weight excluding hydrogens is 404 g/mol. The van der Waals surface area contributed by atoms with Crippen LogP contribution in [0.2, 0.25) is 0 Å². The van der Waals surface area contributed by atoms with Crippen LogP contribution in [0.15, 0.2) is 29.6 Å². The zero-order valence-electron chi connectivity index (χ0n) is 17.4. The number of nitrogens with one attached hydrogen (secondary N) is 1. The van der Waals surface area contributed by atoms with Crippen molar-refractivity contribution in [2.45, 2.75) is 25.8 Å². The molecule has 0 unspecified atom stereocenters. The SMILES string of the molecule is CCN(CC)c1ccc(NC(=O)CSc2ncnc3nc(N(C)C)sc23)c(C)c1. The van der Waals surface area contributed by atoms with Gasteiger partial charge in [-0.15, -0.1) is 0 Å². The Kier molecular flexibility index (Phi) is 6.92. The Morgan fingerprint density at radius 3 is 2.62 bits per heavy atom. The molecule has 2 aromatic heterocycles. The lowest BCUT2D eigenvalue weighted by molar-refractivity contribution is -0.113. The van der Waals surface area contributed by atoms with Gasteiger partial charge in [-0.3, -0.25) is 4.79 Å². The number of aromatic nitrogens is 3. The van der Waals surface area contributed by atoms with E-state index in [0.29, 0.717) is 5.65 Å². The summed E-state index contributed by atoms with van der Waals surface area (Å²) >= 11 is 2.94. The molecule has 0 saturated carbocycles. The van der Waals surface area contributed by atoms with E-state index in [1.165, 1.54) is 35.1 Å². The Labute approximate surface area is 179 Å². The van der Waals surface area contributed by atoms with E-state index in [-0.39, 0.29) is 11.7 Å². The molecule has 0 saturated heterocycles. The molecule has 29 heavy (non-hydrogen) atoms. The largest absolute Gasteiger partial charge is 0.372 e. The minimum Gasteiger partial charge on any atom is -0.372 e. The molecule has 2 heterocycles. The number of anilines is 3. The number of hydrogen-bond acceptors (Lipinski definition) is 8. The Morgan fingerprint density at radius 1 is 1.21 bits per heavy atom. The molecule has 0 bridgehead atoms. The summed E-state index contributed by atoms with van der Waals surface area (Å²) in [5.74, 6) is 0.219. The first-order chi connectivity index (χ1) is 13.9. The van der Waals surface area contributed by atoms with Crippen LogP contribution in [-0.4, -0.2) is 53.8 Å². The summed E-state index contributed by atoms with van der Waals surface area (Å²) in [6.45, 7) is 8.21. The molecule has 154 valence electrons. The maximum atomic E-state index is 12.5. The van der Waals surface area contributed by atoms with E-state index in [4.69, 9.17) is 0 Å². The highest BCUT2D eigenvalue weighted by molar-refractivity contribution is 8.00. The van der Waals surface area contributed by atoms with Crippen LogP contribution in [0.3, 0.4) is 0 Å². The molecule has 1 aromatic carbocycles. The fraction of sp³-hybridized carbons (Fsp3) is 0.400. The maximum absolute atomic E-state index is 12.5. The van der Waals surface area contributed by atoms with Crippen LogP contribution < -0.4 is 15.1 Å². The standard InChI is InChI=1S/C20H26N6OS2/c1-6-26(7-2)14-8-9-15(13(3)10-14)23-16(27)11-28-19-17-18(21-12-22-19)24-20(29-17)25(4)5/h8-10,12H,6-7,11H2,1-5H3,(H,23,27). The first kappa shape index (κ1) is 21.3. The van der Waals surface area contributed by atoms with Crippen LogP contribution in [0.4, 0.5) is 16.5 Å². The molecule has 3 aromatic rings. The van der Waals surface area contributed by atoms with Crippen molar-refractivity contribution in [2.24, 2.45) is 0 Å². The number of fused-ring (bicyclic) bond motifs is 1. The van der Waals surface area contributed by atoms with Crippen molar-refractivity contribution in [1.29, 1.82) is 0 Å². The third kappa shape index (κ3) is 4.97. The van der Waals surface area contributed by atoms with Crippen molar-refractivity contribution >= 4 is 55.9 Å². The Morgan fingerprint density at radius 2 is 1.97 bits per heavy atom. The maximum Gasteiger partial charge on any atom is 0.234 e. The fourth-order valence-corrected chi connectivity index (χ4v) is 4.72. The number of rotatable bonds is 8. The highest BCUT2D eigenvalue weighted by Gasteiger charge is 2.14. The van der Waals surface area contributed by atoms with Crippen LogP contribution in [0.5, 0.6) is 0 Å². The van der Waals surface area contributed by atoms with E-state index in [1.54, 1.807) is 0 Å². The number of thioether (sulfide) groups is 1. The zero-order chi connectivity index (χ0) is 21.0. The summed E-state index contributed by atoms with van der Waals surface area (Å²) in [4.78, 5) is 29.8. The third-order valence-corrected chi connectivity index (χ3v) is 6.82. The van der Waals surface area contributed by atoms with Gasteiger partial charge in [-0.2, -0.15) is 4.98 Å². The second-order valence-corrected chi connectivity index (χ2v) is 8.67. The zero-order valence-corrected chi connectivity index (χ0v) is 19.0. The van der Waals surface area contributed by atoms with Crippen molar-refractivity contribution in [2.75, 3.05) is 48.1 Å². The minimum atomic E-state index is -0.0576. The summed E-state index contributed by atoms with van der Waals surface area (Å²) in [6.07, 6.45) is 1.50. The minimum absolute atomic E-state index is 0.0576. The van der Waals surface area contributed by atoms with Gasteiger partial charge in [-0.25, -0.2) is 9.97 Å². The van der Waals surface area contributed by atoms with Crippen molar-refractivity contribution in [3.05, 3.63) is 30.1 Å². The number of carbonyl (C=O) groups is 1. The third-order valence-electron chi connectivity index (χ3n) is 4.48. The molecular formula is C20H26N6OS2. The lowest BCUT2D eigenvalue weighted by Crippen LogP contribution is -2.22. The van der Waals surface area contributed by atoms with Gasteiger partial charge in [0.15, 0.2) is 10.8 Å². The summed E-state index contributed by atoms with van der Waals surface area (Å²) in [7, 11) is 3.89. The summed E-state index contributed by atoms with van der Waals surface area (Å²) in [5, 5.41) is 4.66. The van der Waals surface area contributed by atoms with Crippen LogP contribution in [0.25, 0.3) is 10.3 Å².